The van der Waals surface area contributed by atoms with Crippen molar-refractivity contribution >= 4 is 23.8 Å². The fourth-order valence-electron chi connectivity index (χ4n) is 2.29. The Morgan fingerprint density at radius 2 is 1.81 bits per heavy atom. The first-order valence-electron chi connectivity index (χ1n) is 8.39. The molecule has 0 radical (unpaired) electrons. The molecule has 2 rings (SSSR count). The van der Waals surface area contributed by atoms with Crippen LogP contribution in [-0.4, -0.2) is 36.0 Å². The molecule has 0 atom stereocenters. The largest absolute Gasteiger partial charge is 0.486 e. The Bertz CT molecular complexity index is 836. The minimum Gasteiger partial charge on any atom is -0.486 e. The molecule has 0 aliphatic carbocycles. The summed E-state index contributed by atoms with van der Waals surface area (Å²) in [6.45, 7) is 1.95. The zero-order chi connectivity index (χ0) is 19.6. The number of carbonyl (C=O) groups excluding carboxylic acids is 2. The lowest BCUT2D eigenvalue weighted by molar-refractivity contribution is -0.137. The number of ether oxygens (including phenoxy) is 2. The van der Waals surface area contributed by atoms with Crippen molar-refractivity contribution in [3.8, 4) is 5.75 Å². The molecule has 0 aliphatic heterocycles. The van der Waals surface area contributed by atoms with E-state index in [1.54, 1.807) is 49.4 Å². The Balaban J connectivity index is 1.85. The van der Waals surface area contributed by atoms with Crippen LogP contribution in [0, 0.1) is 0 Å². The molecule has 2 aromatic rings. The van der Waals surface area contributed by atoms with Crippen molar-refractivity contribution in [2.24, 2.45) is 0 Å². The van der Waals surface area contributed by atoms with Gasteiger partial charge < -0.3 is 14.6 Å². The minimum absolute atomic E-state index is 0.0987. The molecule has 27 heavy (non-hydrogen) atoms. The van der Waals surface area contributed by atoms with E-state index in [9.17, 15) is 14.4 Å². The number of ketones is 1. The number of hydrogen-bond donors (Lipinski definition) is 1. The number of rotatable bonds is 9. The molecule has 6 heteroatoms. The molecule has 2 aromatic carbocycles. The van der Waals surface area contributed by atoms with Crippen LogP contribution < -0.4 is 4.74 Å². The second kappa shape index (κ2) is 9.91. The lowest BCUT2D eigenvalue weighted by Gasteiger charge is -2.06. The number of aromatic carboxylic acids is 1. The molecule has 0 unspecified atom stereocenters. The minimum atomic E-state index is -1.03. The summed E-state index contributed by atoms with van der Waals surface area (Å²) in [5.41, 5.74) is 1.57. The lowest BCUT2D eigenvalue weighted by Crippen LogP contribution is -2.14. The van der Waals surface area contributed by atoms with E-state index in [0.717, 1.165) is 5.56 Å². The van der Waals surface area contributed by atoms with Crippen molar-refractivity contribution in [3.05, 3.63) is 71.3 Å². The van der Waals surface area contributed by atoms with E-state index in [2.05, 4.69) is 0 Å². The fourth-order valence-corrected chi connectivity index (χ4v) is 2.29. The number of carbonyl (C=O) groups is 3. The summed E-state index contributed by atoms with van der Waals surface area (Å²) < 4.78 is 10.3. The van der Waals surface area contributed by atoms with Gasteiger partial charge in [-0.05, 0) is 48.4 Å². The van der Waals surface area contributed by atoms with E-state index in [4.69, 9.17) is 14.6 Å². The van der Waals surface area contributed by atoms with Crippen molar-refractivity contribution < 1.29 is 29.0 Å². The van der Waals surface area contributed by atoms with Gasteiger partial charge in [-0.15, -0.1) is 0 Å². The van der Waals surface area contributed by atoms with Crippen LogP contribution in [0.15, 0.2) is 54.6 Å². The summed E-state index contributed by atoms with van der Waals surface area (Å²) >= 11 is 0. The SMILES string of the molecule is CCOC(=O)/C=C/c1ccc(OCC(=O)Cc2cccc(C(=O)O)c2)cc1. The van der Waals surface area contributed by atoms with Gasteiger partial charge in [-0.25, -0.2) is 9.59 Å². The standard InChI is InChI=1S/C21H20O6/c1-2-26-20(23)11-8-15-6-9-19(10-7-15)27-14-18(22)13-16-4-3-5-17(12-16)21(24)25/h3-12H,2,13-14H2,1H3,(H,24,25)/b11-8+. The number of hydrogen-bond acceptors (Lipinski definition) is 5. The average Bonchev–Trinajstić information content (AvgIpc) is 2.66. The third-order valence-corrected chi connectivity index (χ3v) is 3.55. The predicted molar refractivity (Wildman–Crippen MR) is 99.7 cm³/mol. The molecule has 0 aliphatic rings. The maximum absolute atomic E-state index is 12.0. The smallest absolute Gasteiger partial charge is 0.335 e. The van der Waals surface area contributed by atoms with E-state index in [1.165, 1.54) is 18.2 Å². The average molecular weight is 368 g/mol. The summed E-state index contributed by atoms with van der Waals surface area (Å²) in [5.74, 6) is -1.08. The monoisotopic (exact) mass is 368 g/mol. The van der Waals surface area contributed by atoms with Crippen molar-refractivity contribution in [2.75, 3.05) is 13.2 Å². The molecule has 0 aromatic heterocycles. The molecule has 0 saturated carbocycles. The first-order valence-corrected chi connectivity index (χ1v) is 8.39. The highest BCUT2D eigenvalue weighted by molar-refractivity contribution is 5.89. The summed E-state index contributed by atoms with van der Waals surface area (Å²) in [6, 6.07) is 13.2. The third kappa shape index (κ3) is 6.78. The van der Waals surface area contributed by atoms with E-state index >= 15 is 0 Å². The zero-order valence-corrected chi connectivity index (χ0v) is 14.9. The number of esters is 1. The number of carboxylic acid groups (broad SMARTS) is 1. The quantitative estimate of drug-likeness (QED) is 0.540. The second-order valence-electron chi connectivity index (χ2n) is 5.66. The first kappa shape index (κ1) is 19.9. The molecular weight excluding hydrogens is 348 g/mol. The predicted octanol–water partition coefficient (Wildman–Crippen LogP) is 3.15. The zero-order valence-electron chi connectivity index (χ0n) is 14.9. The van der Waals surface area contributed by atoms with Gasteiger partial charge in [-0.1, -0.05) is 24.3 Å². The molecule has 0 heterocycles. The van der Waals surface area contributed by atoms with Gasteiger partial charge in [0.05, 0.1) is 12.2 Å². The Kier molecular flexibility index (Phi) is 7.31. The van der Waals surface area contributed by atoms with E-state index < -0.39 is 11.9 Å². The Morgan fingerprint density at radius 1 is 1.07 bits per heavy atom. The Labute approximate surface area is 157 Å². The van der Waals surface area contributed by atoms with Gasteiger partial charge in [-0.2, -0.15) is 0 Å². The van der Waals surface area contributed by atoms with Crippen molar-refractivity contribution in [1.82, 2.24) is 0 Å². The summed E-state index contributed by atoms with van der Waals surface area (Å²) in [6.07, 6.45) is 3.07. The summed E-state index contributed by atoms with van der Waals surface area (Å²) in [5, 5.41) is 8.97. The molecule has 0 amide bonds. The summed E-state index contributed by atoms with van der Waals surface area (Å²) in [4.78, 5) is 34.3. The maximum Gasteiger partial charge on any atom is 0.335 e. The van der Waals surface area contributed by atoms with Gasteiger partial charge in [0.2, 0.25) is 0 Å². The third-order valence-electron chi connectivity index (χ3n) is 3.55. The van der Waals surface area contributed by atoms with E-state index in [-0.39, 0.29) is 24.4 Å². The van der Waals surface area contributed by atoms with Crippen LogP contribution in [0.2, 0.25) is 0 Å². The summed E-state index contributed by atoms with van der Waals surface area (Å²) in [7, 11) is 0. The van der Waals surface area contributed by atoms with Gasteiger partial charge in [0, 0.05) is 12.5 Å². The van der Waals surface area contributed by atoms with Crippen LogP contribution in [0.25, 0.3) is 6.08 Å². The molecule has 140 valence electrons. The molecule has 0 fully saturated rings. The lowest BCUT2D eigenvalue weighted by atomic mass is 10.1. The fraction of sp³-hybridized carbons (Fsp3) is 0.190. The molecule has 0 spiro atoms. The highest BCUT2D eigenvalue weighted by atomic mass is 16.5. The molecule has 0 saturated heterocycles. The van der Waals surface area contributed by atoms with Gasteiger partial charge in [-0.3, -0.25) is 4.79 Å². The normalized spacial score (nSPS) is 10.6. The molecular formula is C21H20O6. The number of Topliss-reactive ketones (excluding diaryl/α,β-unsaturated/α-hetero) is 1. The van der Waals surface area contributed by atoms with Crippen molar-refractivity contribution in [3.63, 3.8) is 0 Å². The van der Waals surface area contributed by atoms with Gasteiger partial charge in [0.25, 0.3) is 0 Å². The molecule has 0 bridgehead atoms. The first-order chi connectivity index (χ1) is 13.0. The Morgan fingerprint density at radius 3 is 2.48 bits per heavy atom. The van der Waals surface area contributed by atoms with Crippen LogP contribution in [0.5, 0.6) is 5.75 Å². The van der Waals surface area contributed by atoms with Gasteiger partial charge in [0.1, 0.15) is 12.4 Å². The number of carboxylic acids is 1. The van der Waals surface area contributed by atoms with Crippen LogP contribution in [0.4, 0.5) is 0 Å². The topological polar surface area (TPSA) is 89.9 Å². The van der Waals surface area contributed by atoms with Crippen LogP contribution in [0.1, 0.15) is 28.4 Å². The van der Waals surface area contributed by atoms with Crippen LogP contribution in [-0.2, 0) is 20.7 Å². The second-order valence-corrected chi connectivity index (χ2v) is 5.66. The van der Waals surface area contributed by atoms with Gasteiger partial charge >= 0.3 is 11.9 Å². The van der Waals surface area contributed by atoms with E-state index in [1.807, 2.05) is 0 Å². The molecule has 6 nitrogen and oxygen atoms in total. The van der Waals surface area contributed by atoms with Gasteiger partial charge in [0.15, 0.2) is 5.78 Å². The highest BCUT2D eigenvalue weighted by Crippen LogP contribution is 2.14. The van der Waals surface area contributed by atoms with Crippen LogP contribution >= 0.6 is 0 Å². The Hall–Kier alpha value is -3.41. The van der Waals surface area contributed by atoms with Crippen molar-refractivity contribution in [2.45, 2.75) is 13.3 Å². The van der Waals surface area contributed by atoms with Crippen molar-refractivity contribution in [1.29, 1.82) is 0 Å². The maximum atomic E-state index is 12.0. The molecule has 1 N–H and O–H groups in total. The highest BCUT2D eigenvalue weighted by Gasteiger charge is 2.08. The number of benzene rings is 2. The van der Waals surface area contributed by atoms with Crippen LogP contribution in [0.3, 0.4) is 0 Å². The van der Waals surface area contributed by atoms with E-state index in [0.29, 0.717) is 17.9 Å².